The van der Waals surface area contributed by atoms with Gasteiger partial charge in [0, 0.05) is 43.1 Å². The quantitative estimate of drug-likeness (QED) is 0.636. The van der Waals surface area contributed by atoms with E-state index in [0.717, 1.165) is 17.3 Å². The van der Waals surface area contributed by atoms with Crippen molar-refractivity contribution < 1.29 is 22.7 Å². The summed E-state index contributed by atoms with van der Waals surface area (Å²) < 4.78 is 44.9. The number of hydrogen-bond acceptors (Lipinski definition) is 6. The highest BCUT2D eigenvalue weighted by Gasteiger charge is 2.39. The fraction of sp³-hybridized carbons (Fsp3) is 0.478. The molecular weight excluding hydrogens is 435 g/mol. The average molecular weight is 461 g/mol. The fourth-order valence-electron chi connectivity index (χ4n) is 3.70. The van der Waals surface area contributed by atoms with Crippen molar-refractivity contribution >= 4 is 5.91 Å². The monoisotopic (exact) mass is 461 g/mol. The second kappa shape index (κ2) is 9.75. The second-order valence-corrected chi connectivity index (χ2v) is 8.80. The molecule has 0 radical (unpaired) electrons. The number of likely N-dealkylation sites (tertiary alicyclic amines) is 1. The van der Waals surface area contributed by atoms with Crippen molar-refractivity contribution in [2.75, 3.05) is 26.2 Å². The molecule has 1 aliphatic heterocycles. The van der Waals surface area contributed by atoms with Crippen molar-refractivity contribution in [2.24, 2.45) is 5.41 Å². The van der Waals surface area contributed by atoms with E-state index in [0.29, 0.717) is 13.1 Å². The van der Waals surface area contributed by atoms with Crippen molar-refractivity contribution in [1.82, 2.24) is 20.2 Å². The molecule has 2 atom stereocenters. The number of rotatable bonds is 7. The lowest BCUT2D eigenvalue weighted by atomic mass is 9.90. The molecule has 1 amide bonds. The fourth-order valence-corrected chi connectivity index (χ4v) is 3.70. The molecule has 7 nitrogen and oxygen atoms in total. The van der Waals surface area contributed by atoms with E-state index >= 15 is 0 Å². The maximum atomic E-state index is 13.2. The zero-order valence-electron chi connectivity index (χ0n) is 18.7. The van der Waals surface area contributed by atoms with Gasteiger partial charge >= 0.3 is 6.18 Å². The van der Waals surface area contributed by atoms with Crippen LogP contribution in [0.15, 0.2) is 36.7 Å². The normalized spacial score (nSPS) is 19.2. The van der Waals surface area contributed by atoms with Crippen molar-refractivity contribution in [3.63, 3.8) is 0 Å². The van der Waals surface area contributed by atoms with Gasteiger partial charge in [0.15, 0.2) is 0 Å². The number of hydrogen-bond donors (Lipinski definition) is 1. The van der Waals surface area contributed by atoms with E-state index in [1.807, 2.05) is 24.0 Å². The Balaban J connectivity index is 1.71. The van der Waals surface area contributed by atoms with Crippen LogP contribution in [0.25, 0.3) is 0 Å². The Hall–Kier alpha value is -3.19. The van der Waals surface area contributed by atoms with Crippen LogP contribution in [0.5, 0.6) is 5.88 Å². The third-order valence-electron chi connectivity index (χ3n) is 5.63. The molecule has 0 aromatic carbocycles. The minimum absolute atomic E-state index is 0.0697. The summed E-state index contributed by atoms with van der Waals surface area (Å²) in [6, 6.07) is 7.76. The number of nitrogens with one attached hydrogen (secondary N) is 1. The third-order valence-corrected chi connectivity index (χ3v) is 5.63. The van der Waals surface area contributed by atoms with Gasteiger partial charge in [-0.2, -0.15) is 18.4 Å². The van der Waals surface area contributed by atoms with Crippen molar-refractivity contribution in [3.05, 3.63) is 53.5 Å². The number of amides is 1. The summed E-state index contributed by atoms with van der Waals surface area (Å²) in [5.41, 5.74) is -0.295. The largest absolute Gasteiger partial charge is 0.476 e. The first-order chi connectivity index (χ1) is 15.5. The number of nitriles is 1. The predicted octanol–water partition coefficient (Wildman–Crippen LogP) is 3.32. The maximum absolute atomic E-state index is 13.2. The van der Waals surface area contributed by atoms with Crippen LogP contribution in [-0.2, 0) is 11.0 Å². The highest BCUT2D eigenvalue weighted by Crippen LogP contribution is 2.35. The van der Waals surface area contributed by atoms with Crippen LogP contribution in [0.3, 0.4) is 0 Å². The Kier molecular flexibility index (Phi) is 7.22. The summed E-state index contributed by atoms with van der Waals surface area (Å²) in [6.07, 6.45) is -1.64. The Morgan fingerprint density at radius 1 is 1.27 bits per heavy atom. The molecule has 1 fully saturated rings. The number of nitrogens with zero attached hydrogens (tertiary/aromatic N) is 4. The lowest BCUT2D eigenvalue weighted by Gasteiger charge is -2.28. The lowest BCUT2D eigenvalue weighted by Crippen LogP contribution is -2.48. The SMILES string of the molecule is Cc1ccc([C@@H]2CN(CC#N)C[C@H]2NC(=O)C(C)(C)COc2ncccc2C(F)(F)F)cn1. The molecule has 3 rings (SSSR count). The van der Waals surface area contributed by atoms with Gasteiger partial charge in [-0.25, -0.2) is 4.98 Å². The number of carbonyl (C=O) groups excluding carboxylic acids is 1. The highest BCUT2D eigenvalue weighted by atomic mass is 19.4. The van der Waals surface area contributed by atoms with Gasteiger partial charge in [0.25, 0.3) is 0 Å². The summed E-state index contributed by atoms with van der Waals surface area (Å²) in [5.74, 6) is -0.990. The van der Waals surface area contributed by atoms with Gasteiger partial charge in [0.05, 0.1) is 18.0 Å². The molecule has 1 aliphatic rings. The number of halogens is 3. The van der Waals surface area contributed by atoms with Gasteiger partial charge in [-0.15, -0.1) is 0 Å². The van der Waals surface area contributed by atoms with Crippen molar-refractivity contribution in [1.29, 1.82) is 5.26 Å². The van der Waals surface area contributed by atoms with Crippen LogP contribution >= 0.6 is 0 Å². The van der Waals surface area contributed by atoms with E-state index in [1.54, 1.807) is 20.0 Å². The molecule has 0 aliphatic carbocycles. The third kappa shape index (κ3) is 5.99. The molecule has 0 unspecified atom stereocenters. The summed E-state index contributed by atoms with van der Waals surface area (Å²) in [5, 5.41) is 12.1. The topological polar surface area (TPSA) is 91.1 Å². The van der Waals surface area contributed by atoms with Crippen LogP contribution in [-0.4, -0.2) is 53.1 Å². The Labute approximate surface area is 190 Å². The first-order valence-electron chi connectivity index (χ1n) is 10.5. The zero-order valence-corrected chi connectivity index (χ0v) is 18.7. The molecule has 10 heteroatoms. The molecule has 0 saturated carbocycles. The van der Waals surface area contributed by atoms with E-state index < -0.39 is 23.0 Å². The van der Waals surface area contributed by atoms with Gasteiger partial charge in [-0.3, -0.25) is 14.7 Å². The first kappa shape index (κ1) is 24.5. The molecule has 2 aromatic rings. The molecule has 33 heavy (non-hydrogen) atoms. The van der Waals surface area contributed by atoms with Gasteiger partial charge in [0.2, 0.25) is 11.8 Å². The molecule has 1 saturated heterocycles. The van der Waals surface area contributed by atoms with Gasteiger partial charge in [-0.05, 0) is 44.5 Å². The first-order valence-corrected chi connectivity index (χ1v) is 10.5. The molecular formula is C23H26F3N5O2. The average Bonchev–Trinajstić information content (AvgIpc) is 3.15. The molecule has 3 heterocycles. The van der Waals surface area contributed by atoms with E-state index in [9.17, 15) is 18.0 Å². The van der Waals surface area contributed by atoms with Crippen LogP contribution in [0.1, 0.15) is 36.6 Å². The number of aromatic nitrogens is 2. The minimum Gasteiger partial charge on any atom is -0.476 e. The zero-order chi connectivity index (χ0) is 24.2. The van der Waals surface area contributed by atoms with Gasteiger partial charge in [0.1, 0.15) is 12.2 Å². The van der Waals surface area contributed by atoms with E-state index in [1.165, 1.54) is 12.3 Å². The summed E-state index contributed by atoms with van der Waals surface area (Å²) in [6.45, 7) is 6.09. The molecule has 0 spiro atoms. The summed E-state index contributed by atoms with van der Waals surface area (Å²) in [4.78, 5) is 23.0. The Morgan fingerprint density at radius 2 is 2.03 bits per heavy atom. The van der Waals surface area contributed by atoms with Crippen LogP contribution in [0.2, 0.25) is 0 Å². The maximum Gasteiger partial charge on any atom is 0.421 e. The summed E-state index contributed by atoms with van der Waals surface area (Å²) in [7, 11) is 0. The van der Waals surface area contributed by atoms with Crippen LogP contribution < -0.4 is 10.1 Å². The minimum atomic E-state index is -4.61. The van der Waals surface area contributed by atoms with Gasteiger partial charge < -0.3 is 10.1 Å². The van der Waals surface area contributed by atoms with E-state index in [2.05, 4.69) is 21.4 Å². The molecule has 2 aromatic heterocycles. The Morgan fingerprint density at radius 3 is 2.67 bits per heavy atom. The number of alkyl halides is 3. The van der Waals surface area contributed by atoms with Gasteiger partial charge in [-0.1, -0.05) is 6.07 Å². The number of pyridine rings is 2. The molecule has 0 bridgehead atoms. The van der Waals surface area contributed by atoms with Crippen molar-refractivity contribution in [3.8, 4) is 11.9 Å². The van der Waals surface area contributed by atoms with Crippen molar-refractivity contribution in [2.45, 2.75) is 38.9 Å². The number of ether oxygens (including phenoxy) is 1. The highest BCUT2D eigenvalue weighted by molar-refractivity contribution is 5.82. The van der Waals surface area contributed by atoms with Crippen LogP contribution in [0.4, 0.5) is 13.2 Å². The number of carbonyl (C=O) groups is 1. The number of aryl methyl sites for hydroxylation is 1. The second-order valence-electron chi connectivity index (χ2n) is 8.80. The standard InChI is InChI=1S/C23H26F3N5O2/c1-15-6-7-16(11-29-15)17-12-31(10-8-27)13-19(17)30-21(32)22(2,3)14-33-20-18(23(24,25)26)5-4-9-28-20/h4-7,9,11,17,19H,10,12-14H2,1-3H3,(H,30,32)/t17-,19+/m0/s1. The molecule has 1 N–H and O–H groups in total. The van der Waals surface area contributed by atoms with E-state index in [4.69, 9.17) is 10.00 Å². The smallest absolute Gasteiger partial charge is 0.421 e. The molecule has 176 valence electrons. The van der Waals surface area contributed by atoms with E-state index in [-0.39, 0.29) is 31.0 Å². The van der Waals surface area contributed by atoms with Crippen LogP contribution in [0, 0.1) is 23.7 Å². The lowest BCUT2D eigenvalue weighted by molar-refractivity contribution is -0.139. The summed E-state index contributed by atoms with van der Waals surface area (Å²) >= 11 is 0. The predicted molar refractivity (Wildman–Crippen MR) is 114 cm³/mol. The Bertz CT molecular complexity index is 1020.